The lowest BCUT2D eigenvalue weighted by Gasteiger charge is -2.02. The summed E-state index contributed by atoms with van der Waals surface area (Å²) in [5.74, 6) is 0.883. The third kappa shape index (κ3) is 2.05. The Hall–Kier alpha value is -1.40. The Morgan fingerprint density at radius 3 is 3.12 bits per heavy atom. The number of fused-ring (bicyclic) bond motifs is 1. The van der Waals surface area contributed by atoms with E-state index in [1.54, 1.807) is 29.3 Å². The van der Waals surface area contributed by atoms with Crippen LogP contribution in [0.4, 0.5) is 0 Å². The van der Waals surface area contributed by atoms with Crippen molar-refractivity contribution in [2.75, 3.05) is 0 Å². The Morgan fingerprint density at radius 2 is 2.35 bits per heavy atom. The average molecular weight is 262 g/mol. The van der Waals surface area contributed by atoms with Gasteiger partial charge in [-0.05, 0) is 23.2 Å². The van der Waals surface area contributed by atoms with Gasteiger partial charge in [0.15, 0.2) is 5.16 Å². The number of imidazole rings is 1. The standard InChI is InChI=1S/C11H10N4S2/c1-2-8-14-9-7(3-6-16-9)10(15-8)17-11-12-4-5-13-11/h3-6H,2H2,1H3,(H,12,13). The van der Waals surface area contributed by atoms with E-state index in [-0.39, 0.29) is 0 Å². The second kappa shape index (κ2) is 4.46. The smallest absolute Gasteiger partial charge is 0.171 e. The molecule has 0 fully saturated rings. The Balaban J connectivity index is 2.10. The molecule has 3 rings (SSSR count). The molecule has 3 aromatic rings. The SMILES string of the molecule is CCc1nc(Sc2ncc[nH]2)c2ccsc2n1. The second-order valence-electron chi connectivity index (χ2n) is 3.43. The summed E-state index contributed by atoms with van der Waals surface area (Å²) in [6, 6.07) is 2.06. The topological polar surface area (TPSA) is 54.5 Å². The van der Waals surface area contributed by atoms with Crippen LogP contribution < -0.4 is 0 Å². The zero-order valence-electron chi connectivity index (χ0n) is 9.17. The fourth-order valence-corrected chi connectivity index (χ4v) is 3.20. The van der Waals surface area contributed by atoms with Crippen LogP contribution in [0.25, 0.3) is 10.2 Å². The quantitative estimate of drug-likeness (QED) is 0.737. The molecule has 1 N–H and O–H groups in total. The molecule has 0 aliphatic rings. The van der Waals surface area contributed by atoms with Crippen LogP contribution in [0.3, 0.4) is 0 Å². The molecular weight excluding hydrogens is 252 g/mol. The third-order valence-electron chi connectivity index (χ3n) is 2.32. The predicted octanol–water partition coefficient (Wildman–Crippen LogP) is 3.13. The van der Waals surface area contributed by atoms with Gasteiger partial charge >= 0.3 is 0 Å². The summed E-state index contributed by atoms with van der Waals surface area (Å²) in [4.78, 5) is 17.4. The van der Waals surface area contributed by atoms with Gasteiger partial charge in [-0.1, -0.05) is 6.92 Å². The molecule has 0 unspecified atom stereocenters. The molecule has 3 aromatic heterocycles. The second-order valence-corrected chi connectivity index (χ2v) is 5.31. The van der Waals surface area contributed by atoms with Gasteiger partial charge in [0.2, 0.25) is 0 Å². The number of nitrogens with zero attached hydrogens (tertiary/aromatic N) is 3. The number of aryl methyl sites for hydroxylation is 1. The summed E-state index contributed by atoms with van der Waals surface area (Å²) in [5, 5.41) is 4.99. The summed E-state index contributed by atoms with van der Waals surface area (Å²) in [6.07, 6.45) is 4.41. The van der Waals surface area contributed by atoms with Crippen LogP contribution in [0.15, 0.2) is 34.0 Å². The molecule has 0 saturated carbocycles. The molecular formula is C11H10N4S2. The summed E-state index contributed by atoms with van der Waals surface area (Å²) < 4.78 is 0. The van der Waals surface area contributed by atoms with E-state index in [0.717, 1.165) is 32.6 Å². The van der Waals surface area contributed by atoms with Gasteiger partial charge in [0, 0.05) is 24.2 Å². The minimum Gasteiger partial charge on any atom is -0.339 e. The van der Waals surface area contributed by atoms with Crippen molar-refractivity contribution in [1.82, 2.24) is 19.9 Å². The van der Waals surface area contributed by atoms with E-state index >= 15 is 0 Å². The first kappa shape index (κ1) is 10.7. The highest BCUT2D eigenvalue weighted by molar-refractivity contribution is 7.99. The molecule has 86 valence electrons. The van der Waals surface area contributed by atoms with E-state index in [2.05, 4.69) is 32.9 Å². The van der Waals surface area contributed by atoms with Crippen molar-refractivity contribution in [3.8, 4) is 0 Å². The first-order chi connectivity index (χ1) is 8.36. The van der Waals surface area contributed by atoms with Gasteiger partial charge in [0.25, 0.3) is 0 Å². The van der Waals surface area contributed by atoms with Crippen molar-refractivity contribution < 1.29 is 0 Å². The van der Waals surface area contributed by atoms with Crippen LogP contribution in [-0.4, -0.2) is 19.9 Å². The average Bonchev–Trinajstić information content (AvgIpc) is 2.98. The Morgan fingerprint density at radius 1 is 1.41 bits per heavy atom. The van der Waals surface area contributed by atoms with Crippen molar-refractivity contribution in [3.05, 3.63) is 29.7 Å². The van der Waals surface area contributed by atoms with Crippen molar-refractivity contribution in [3.63, 3.8) is 0 Å². The van der Waals surface area contributed by atoms with Gasteiger partial charge in [-0.2, -0.15) is 0 Å². The molecule has 0 amide bonds. The van der Waals surface area contributed by atoms with E-state index in [1.807, 2.05) is 11.6 Å². The van der Waals surface area contributed by atoms with Gasteiger partial charge < -0.3 is 4.98 Å². The van der Waals surface area contributed by atoms with E-state index in [4.69, 9.17) is 0 Å². The maximum atomic E-state index is 4.56. The number of rotatable bonds is 3. The summed E-state index contributed by atoms with van der Waals surface area (Å²) in [6.45, 7) is 2.07. The first-order valence-electron chi connectivity index (χ1n) is 5.28. The van der Waals surface area contributed by atoms with Crippen molar-refractivity contribution in [2.24, 2.45) is 0 Å². The number of thiophene rings is 1. The molecule has 0 bridgehead atoms. The Labute approximate surface area is 107 Å². The molecule has 0 spiro atoms. The van der Waals surface area contributed by atoms with Crippen LogP contribution in [0, 0.1) is 0 Å². The fourth-order valence-electron chi connectivity index (χ4n) is 1.50. The minimum atomic E-state index is 0.847. The number of H-pyrrole nitrogens is 1. The molecule has 3 heterocycles. The molecule has 0 aromatic carbocycles. The minimum absolute atomic E-state index is 0.847. The molecule has 0 radical (unpaired) electrons. The maximum absolute atomic E-state index is 4.56. The highest BCUT2D eigenvalue weighted by atomic mass is 32.2. The zero-order valence-corrected chi connectivity index (χ0v) is 10.8. The number of aromatic amines is 1. The third-order valence-corrected chi connectivity index (χ3v) is 4.05. The lowest BCUT2D eigenvalue weighted by Crippen LogP contribution is -1.94. The fraction of sp³-hybridized carbons (Fsp3) is 0.182. The van der Waals surface area contributed by atoms with E-state index < -0.39 is 0 Å². The number of nitrogens with one attached hydrogen (secondary N) is 1. The summed E-state index contributed by atoms with van der Waals surface area (Å²) >= 11 is 3.20. The van der Waals surface area contributed by atoms with E-state index in [1.165, 1.54) is 0 Å². The lowest BCUT2D eigenvalue weighted by molar-refractivity contribution is 0.916. The Bertz CT molecular complexity index is 630. The molecule has 17 heavy (non-hydrogen) atoms. The largest absolute Gasteiger partial charge is 0.339 e. The monoisotopic (exact) mass is 262 g/mol. The zero-order chi connectivity index (χ0) is 11.7. The highest BCUT2D eigenvalue weighted by Crippen LogP contribution is 2.31. The predicted molar refractivity (Wildman–Crippen MR) is 69.5 cm³/mol. The van der Waals surface area contributed by atoms with E-state index in [0.29, 0.717) is 0 Å². The van der Waals surface area contributed by atoms with Crippen LogP contribution in [0.1, 0.15) is 12.7 Å². The van der Waals surface area contributed by atoms with Crippen molar-refractivity contribution in [1.29, 1.82) is 0 Å². The molecule has 0 atom stereocenters. The van der Waals surface area contributed by atoms with Crippen LogP contribution in [-0.2, 0) is 6.42 Å². The van der Waals surface area contributed by atoms with E-state index in [9.17, 15) is 0 Å². The summed E-state index contributed by atoms with van der Waals surface area (Å²) in [5.41, 5.74) is 0. The lowest BCUT2D eigenvalue weighted by atomic mass is 10.4. The van der Waals surface area contributed by atoms with Gasteiger partial charge in [0.1, 0.15) is 15.7 Å². The van der Waals surface area contributed by atoms with Gasteiger partial charge in [-0.15, -0.1) is 11.3 Å². The van der Waals surface area contributed by atoms with Crippen molar-refractivity contribution in [2.45, 2.75) is 23.5 Å². The molecule has 0 aliphatic heterocycles. The van der Waals surface area contributed by atoms with Crippen molar-refractivity contribution >= 4 is 33.3 Å². The molecule has 0 saturated heterocycles. The van der Waals surface area contributed by atoms with Crippen LogP contribution in [0.5, 0.6) is 0 Å². The van der Waals surface area contributed by atoms with Gasteiger partial charge in [0.05, 0.1) is 0 Å². The van der Waals surface area contributed by atoms with Gasteiger partial charge in [-0.25, -0.2) is 15.0 Å². The highest BCUT2D eigenvalue weighted by Gasteiger charge is 2.10. The molecule has 6 heteroatoms. The number of hydrogen-bond acceptors (Lipinski definition) is 5. The molecule has 0 aliphatic carbocycles. The Kier molecular flexibility index (Phi) is 2.82. The summed E-state index contributed by atoms with van der Waals surface area (Å²) in [7, 11) is 0. The number of aromatic nitrogens is 4. The first-order valence-corrected chi connectivity index (χ1v) is 6.98. The number of hydrogen-bond donors (Lipinski definition) is 1. The van der Waals surface area contributed by atoms with Crippen LogP contribution >= 0.6 is 23.1 Å². The van der Waals surface area contributed by atoms with Crippen LogP contribution in [0.2, 0.25) is 0 Å². The normalized spacial score (nSPS) is 11.1. The molecule has 4 nitrogen and oxygen atoms in total. The van der Waals surface area contributed by atoms with Gasteiger partial charge in [-0.3, -0.25) is 0 Å². The maximum Gasteiger partial charge on any atom is 0.171 e.